The van der Waals surface area contributed by atoms with Crippen molar-refractivity contribution in [2.24, 2.45) is 5.73 Å². The minimum absolute atomic E-state index is 0.0446. The molecule has 1 aliphatic rings. The highest BCUT2D eigenvalue weighted by Crippen LogP contribution is 2.27. The van der Waals surface area contributed by atoms with Crippen LogP contribution in [-0.2, 0) is 4.79 Å². The summed E-state index contributed by atoms with van der Waals surface area (Å²) in [5.41, 5.74) is 3.27. The number of anilines is 1. The van der Waals surface area contributed by atoms with E-state index in [-0.39, 0.29) is 18.5 Å². The summed E-state index contributed by atoms with van der Waals surface area (Å²) in [5.74, 6) is -2.01. The molecular weight excluding hydrogens is 281 g/mol. The molecule has 0 spiro atoms. The molecule has 0 bridgehead atoms. The predicted octanol–water partition coefficient (Wildman–Crippen LogP) is 0.816. The number of amides is 3. The van der Waals surface area contributed by atoms with E-state index in [2.05, 4.69) is 5.32 Å². The molecule has 1 heterocycles. The number of primary amides is 1. The molecule has 2 rings (SSSR count). The highest BCUT2D eigenvalue weighted by molar-refractivity contribution is 5.96. The van der Waals surface area contributed by atoms with Crippen molar-refractivity contribution in [2.45, 2.75) is 12.1 Å². The van der Waals surface area contributed by atoms with Crippen molar-refractivity contribution in [1.82, 2.24) is 4.90 Å². The summed E-state index contributed by atoms with van der Waals surface area (Å²) in [6, 6.07) is 5.14. The van der Waals surface area contributed by atoms with Gasteiger partial charge in [-0.25, -0.2) is 14.0 Å². The van der Waals surface area contributed by atoms with E-state index in [1.165, 1.54) is 24.3 Å². The molecule has 1 atom stereocenters. The molecule has 1 saturated heterocycles. The number of urea groups is 1. The van der Waals surface area contributed by atoms with Crippen molar-refractivity contribution in [2.75, 3.05) is 18.4 Å². The second kappa shape index (κ2) is 5.39. The molecule has 1 aliphatic heterocycles. The normalized spacial score (nSPS) is 21.1. The number of alkyl halides is 1. The van der Waals surface area contributed by atoms with E-state index in [4.69, 9.17) is 10.8 Å². The van der Waals surface area contributed by atoms with Crippen molar-refractivity contribution in [3.63, 3.8) is 0 Å². The van der Waals surface area contributed by atoms with Crippen LogP contribution in [0.4, 0.5) is 14.9 Å². The van der Waals surface area contributed by atoms with Gasteiger partial charge in [-0.3, -0.25) is 4.79 Å². The molecule has 0 aliphatic carbocycles. The molecule has 0 aromatic heterocycles. The fraction of sp³-hybridized carbons (Fsp3) is 0.308. The van der Waals surface area contributed by atoms with Crippen LogP contribution in [0.2, 0.25) is 0 Å². The maximum Gasteiger partial charge on any atom is 0.343 e. The molecule has 1 aromatic carbocycles. The topological polar surface area (TPSA) is 113 Å². The Labute approximate surface area is 119 Å². The first-order valence-electron chi connectivity index (χ1n) is 6.20. The van der Waals surface area contributed by atoms with Gasteiger partial charge in [0.25, 0.3) is 5.91 Å². The van der Waals surface area contributed by atoms with Crippen LogP contribution in [0.15, 0.2) is 24.3 Å². The molecule has 7 nitrogen and oxygen atoms in total. The number of rotatable bonds is 3. The molecular formula is C13H14FN3O4. The largest absolute Gasteiger partial charge is 0.479 e. The Morgan fingerprint density at radius 1 is 1.29 bits per heavy atom. The van der Waals surface area contributed by atoms with E-state index in [0.29, 0.717) is 5.69 Å². The first kappa shape index (κ1) is 14.8. The second-order valence-corrected chi connectivity index (χ2v) is 4.81. The molecule has 4 N–H and O–H groups in total. The molecule has 3 amide bonds. The maximum atomic E-state index is 13.9. The van der Waals surface area contributed by atoms with Crippen LogP contribution in [-0.4, -0.2) is 46.7 Å². The van der Waals surface area contributed by atoms with E-state index >= 15 is 0 Å². The molecule has 21 heavy (non-hydrogen) atoms. The number of hydrogen-bond donors (Lipinski definition) is 3. The summed E-state index contributed by atoms with van der Waals surface area (Å²) in [6.45, 7) is -0.425. The molecule has 0 saturated carbocycles. The Morgan fingerprint density at radius 3 is 2.38 bits per heavy atom. The number of nitrogens with two attached hydrogens (primary N) is 1. The predicted molar refractivity (Wildman–Crippen MR) is 71.6 cm³/mol. The molecule has 8 heteroatoms. The Balaban J connectivity index is 2.07. The van der Waals surface area contributed by atoms with Crippen LogP contribution >= 0.6 is 0 Å². The van der Waals surface area contributed by atoms with Gasteiger partial charge in [0, 0.05) is 24.2 Å². The molecule has 1 aromatic rings. The number of halogens is 1. The van der Waals surface area contributed by atoms with Gasteiger partial charge in [-0.2, -0.15) is 0 Å². The van der Waals surface area contributed by atoms with Crippen molar-refractivity contribution < 1.29 is 23.9 Å². The van der Waals surface area contributed by atoms with Crippen molar-refractivity contribution >= 4 is 23.6 Å². The monoisotopic (exact) mass is 295 g/mol. The third-order valence-electron chi connectivity index (χ3n) is 3.29. The number of hydrogen-bond acceptors (Lipinski definition) is 3. The minimum Gasteiger partial charge on any atom is -0.479 e. The third kappa shape index (κ3) is 3.10. The fourth-order valence-corrected chi connectivity index (χ4v) is 2.14. The van der Waals surface area contributed by atoms with Crippen LogP contribution in [0.1, 0.15) is 16.8 Å². The fourth-order valence-electron chi connectivity index (χ4n) is 2.14. The molecule has 1 unspecified atom stereocenters. The number of nitrogens with zero attached hydrogens (tertiary/aromatic N) is 1. The van der Waals surface area contributed by atoms with Crippen LogP contribution in [0.3, 0.4) is 0 Å². The minimum atomic E-state index is -2.39. The molecule has 1 fully saturated rings. The highest BCUT2D eigenvalue weighted by atomic mass is 19.1. The van der Waals surface area contributed by atoms with Crippen LogP contribution in [0.25, 0.3) is 0 Å². The summed E-state index contributed by atoms with van der Waals surface area (Å²) in [6.07, 6.45) is -0.227. The Bertz CT molecular complexity index is 590. The van der Waals surface area contributed by atoms with E-state index in [9.17, 15) is 18.8 Å². The Kier molecular flexibility index (Phi) is 3.79. The van der Waals surface area contributed by atoms with Gasteiger partial charge in [-0.15, -0.1) is 0 Å². The average Bonchev–Trinajstić information content (AvgIpc) is 2.82. The lowest BCUT2D eigenvalue weighted by atomic mass is 10.1. The van der Waals surface area contributed by atoms with Crippen LogP contribution in [0, 0.1) is 0 Å². The zero-order valence-corrected chi connectivity index (χ0v) is 11.0. The second-order valence-electron chi connectivity index (χ2n) is 4.81. The number of aliphatic carboxylic acids is 1. The number of carboxylic acids is 1. The van der Waals surface area contributed by atoms with Gasteiger partial charge < -0.3 is 21.1 Å². The van der Waals surface area contributed by atoms with Gasteiger partial charge in [0.05, 0.1) is 6.54 Å². The van der Waals surface area contributed by atoms with Crippen LogP contribution in [0.5, 0.6) is 0 Å². The van der Waals surface area contributed by atoms with Gasteiger partial charge in [-0.1, -0.05) is 0 Å². The average molecular weight is 295 g/mol. The lowest BCUT2D eigenvalue weighted by Crippen LogP contribution is -2.38. The number of carbonyl (C=O) groups excluding carboxylic acids is 2. The van der Waals surface area contributed by atoms with Crippen molar-refractivity contribution in [1.29, 1.82) is 0 Å². The molecule has 112 valence electrons. The van der Waals surface area contributed by atoms with Gasteiger partial charge >= 0.3 is 12.0 Å². The summed E-state index contributed by atoms with van der Waals surface area (Å²) < 4.78 is 13.9. The highest BCUT2D eigenvalue weighted by Gasteiger charge is 2.46. The Morgan fingerprint density at radius 2 is 1.90 bits per heavy atom. The summed E-state index contributed by atoms with van der Waals surface area (Å²) in [4.78, 5) is 34.8. The molecule has 0 radical (unpaired) electrons. The zero-order chi connectivity index (χ0) is 15.6. The smallest absolute Gasteiger partial charge is 0.343 e. The number of likely N-dealkylation sites (tertiary alicyclic amines) is 1. The third-order valence-corrected chi connectivity index (χ3v) is 3.29. The van der Waals surface area contributed by atoms with E-state index in [0.717, 1.165) is 4.90 Å². The summed E-state index contributed by atoms with van der Waals surface area (Å²) >= 11 is 0. The van der Waals surface area contributed by atoms with Gasteiger partial charge in [-0.05, 0) is 24.3 Å². The van der Waals surface area contributed by atoms with Gasteiger partial charge in [0.1, 0.15) is 0 Å². The lowest BCUT2D eigenvalue weighted by molar-refractivity contribution is -0.149. The van der Waals surface area contributed by atoms with E-state index < -0.39 is 30.1 Å². The zero-order valence-electron chi connectivity index (χ0n) is 11.0. The summed E-state index contributed by atoms with van der Waals surface area (Å²) in [7, 11) is 0. The number of nitrogens with one attached hydrogen (secondary N) is 1. The van der Waals surface area contributed by atoms with E-state index in [1.807, 2.05) is 0 Å². The number of benzene rings is 1. The number of carboxylic acid groups (broad SMARTS) is 1. The lowest BCUT2D eigenvalue weighted by Gasteiger charge is -2.17. The first-order valence-corrected chi connectivity index (χ1v) is 6.20. The van der Waals surface area contributed by atoms with Crippen molar-refractivity contribution in [3.05, 3.63) is 29.8 Å². The van der Waals surface area contributed by atoms with Crippen molar-refractivity contribution in [3.8, 4) is 0 Å². The first-order chi connectivity index (χ1) is 9.82. The SMILES string of the molecule is NC(=O)Nc1ccc(C(=O)N2CCC(F)(C(=O)O)C2)cc1. The van der Waals surface area contributed by atoms with Gasteiger partial charge in [0.2, 0.25) is 5.67 Å². The number of carbonyl (C=O) groups is 3. The quantitative estimate of drug-likeness (QED) is 0.766. The maximum absolute atomic E-state index is 13.9. The van der Waals surface area contributed by atoms with Crippen LogP contribution < -0.4 is 11.1 Å². The standard InChI is InChI=1S/C13H14FN3O4/c14-13(11(19)20)5-6-17(7-13)10(18)8-1-3-9(4-2-8)16-12(15)21/h1-4H,5-7H2,(H,19,20)(H3,15,16,21). The Hall–Kier alpha value is -2.64. The van der Waals surface area contributed by atoms with Gasteiger partial charge in [0.15, 0.2) is 0 Å². The van der Waals surface area contributed by atoms with E-state index in [1.54, 1.807) is 0 Å². The summed E-state index contributed by atoms with van der Waals surface area (Å²) in [5, 5.41) is 11.1.